The number of carbonyl (C=O) groups excluding carboxylic acids is 1. The number of amides is 1. The first-order valence-corrected chi connectivity index (χ1v) is 11.3. The number of rotatable bonds is 10. The number of nitrogens with zero attached hydrogens (tertiary/aromatic N) is 2. The second kappa shape index (κ2) is 11.4. The van der Waals surface area contributed by atoms with Gasteiger partial charge in [0, 0.05) is 45.8 Å². The molecule has 0 aliphatic carbocycles. The minimum absolute atomic E-state index is 0.00504. The van der Waals surface area contributed by atoms with E-state index >= 15 is 0 Å². The highest BCUT2D eigenvalue weighted by Crippen LogP contribution is 2.35. The van der Waals surface area contributed by atoms with E-state index in [2.05, 4.69) is 30.9 Å². The van der Waals surface area contributed by atoms with Crippen LogP contribution in [0.3, 0.4) is 0 Å². The van der Waals surface area contributed by atoms with Crippen LogP contribution in [0.1, 0.15) is 30.9 Å². The summed E-state index contributed by atoms with van der Waals surface area (Å²) >= 11 is 0. The molecule has 0 N–H and O–H groups in total. The van der Waals surface area contributed by atoms with Crippen molar-refractivity contribution < 1.29 is 18.7 Å². The minimum atomic E-state index is -0.220. The van der Waals surface area contributed by atoms with E-state index in [1.54, 1.807) is 26.4 Å². The molecule has 1 amide bonds. The third-order valence-corrected chi connectivity index (χ3v) is 5.99. The van der Waals surface area contributed by atoms with Crippen molar-refractivity contribution in [3.8, 4) is 5.75 Å². The molecule has 1 heterocycles. The second-order valence-corrected chi connectivity index (χ2v) is 9.09. The summed E-state index contributed by atoms with van der Waals surface area (Å²) in [5.74, 6) is 1.35. The highest BCUT2D eigenvalue weighted by Gasteiger charge is 2.36. The SMILES string of the molecule is COCC(=O)N(CC(C)C)CC1CN(Cc2cccc(OC)c2)CC1c1cccc(F)c1. The lowest BCUT2D eigenvalue weighted by Crippen LogP contribution is -2.41. The van der Waals surface area contributed by atoms with Crippen LogP contribution in [0.15, 0.2) is 48.5 Å². The maximum Gasteiger partial charge on any atom is 0.248 e. The maximum atomic E-state index is 14.0. The summed E-state index contributed by atoms with van der Waals surface area (Å²) < 4.78 is 24.5. The van der Waals surface area contributed by atoms with Gasteiger partial charge in [-0.05, 0) is 47.2 Å². The van der Waals surface area contributed by atoms with Crippen molar-refractivity contribution in [2.24, 2.45) is 11.8 Å². The van der Waals surface area contributed by atoms with Gasteiger partial charge in [0.2, 0.25) is 5.91 Å². The van der Waals surface area contributed by atoms with Gasteiger partial charge in [-0.25, -0.2) is 4.39 Å². The summed E-state index contributed by atoms with van der Waals surface area (Å²) in [6.45, 7) is 8.07. The van der Waals surface area contributed by atoms with E-state index in [0.717, 1.165) is 30.9 Å². The molecule has 2 aromatic carbocycles. The fourth-order valence-corrected chi connectivity index (χ4v) is 4.64. The van der Waals surface area contributed by atoms with E-state index in [0.29, 0.717) is 19.0 Å². The molecule has 5 nitrogen and oxygen atoms in total. The number of hydrogen-bond acceptors (Lipinski definition) is 4. The number of methoxy groups -OCH3 is 2. The van der Waals surface area contributed by atoms with Gasteiger partial charge in [-0.3, -0.25) is 9.69 Å². The zero-order chi connectivity index (χ0) is 23.1. The van der Waals surface area contributed by atoms with Crippen molar-refractivity contribution in [1.29, 1.82) is 0 Å². The number of ether oxygens (including phenoxy) is 2. The van der Waals surface area contributed by atoms with E-state index in [9.17, 15) is 9.18 Å². The molecule has 0 saturated carbocycles. The summed E-state index contributed by atoms with van der Waals surface area (Å²) in [6, 6.07) is 15.0. The molecule has 2 aromatic rings. The predicted molar refractivity (Wildman–Crippen MR) is 124 cm³/mol. The van der Waals surface area contributed by atoms with Gasteiger partial charge in [-0.1, -0.05) is 38.1 Å². The summed E-state index contributed by atoms with van der Waals surface area (Å²) in [4.78, 5) is 17.0. The van der Waals surface area contributed by atoms with Crippen LogP contribution in [0, 0.1) is 17.7 Å². The van der Waals surface area contributed by atoms with Gasteiger partial charge in [0.1, 0.15) is 18.2 Å². The molecule has 0 aromatic heterocycles. The van der Waals surface area contributed by atoms with Crippen molar-refractivity contribution in [2.75, 3.05) is 47.0 Å². The summed E-state index contributed by atoms with van der Waals surface area (Å²) in [5, 5.41) is 0. The van der Waals surface area contributed by atoms with Gasteiger partial charge >= 0.3 is 0 Å². The van der Waals surface area contributed by atoms with E-state index in [1.165, 1.54) is 11.6 Å². The van der Waals surface area contributed by atoms with Gasteiger partial charge in [0.15, 0.2) is 0 Å². The van der Waals surface area contributed by atoms with Crippen LogP contribution in [-0.2, 0) is 16.1 Å². The van der Waals surface area contributed by atoms with Crippen LogP contribution in [0.25, 0.3) is 0 Å². The molecular formula is C26H35FN2O3. The lowest BCUT2D eigenvalue weighted by Gasteiger charge is -2.30. The van der Waals surface area contributed by atoms with Gasteiger partial charge in [0.25, 0.3) is 0 Å². The monoisotopic (exact) mass is 442 g/mol. The van der Waals surface area contributed by atoms with Gasteiger partial charge in [0.05, 0.1) is 7.11 Å². The molecule has 0 spiro atoms. The fourth-order valence-electron chi connectivity index (χ4n) is 4.64. The topological polar surface area (TPSA) is 42.0 Å². The van der Waals surface area contributed by atoms with Crippen molar-refractivity contribution >= 4 is 5.91 Å². The predicted octanol–water partition coefficient (Wildman–Crippen LogP) is 4.18. The largest absolute Gasteiger partial charge is 0.497 e. The number of hydrogen-bond donors (Lipinski definition) is 0. The first-order chi connectivity index (χ1) is 15.4. The fraction of sp³-hybridized carbons (Fsp3) is 0.500. The highest BCUT2D eigenvalue weighted by atomic mass is 19.1. The third kappa shape index (κ3) is 6.53. The lowest BCUT2D eigenvalue weighted by molar-refractivity contribution is -0.136. The summed E-state index contributed by atoms with van der Waals surface area (Å²) in [6.07, 6.45) is 0. The van der Waals surface area contributed by atoms with Gasteiger partial charge < -0.3 is 14.4 Å². The van der Waals surface area contributed by atoms with Crippen LogP contribution in [0.4, 0.5) is 4.39 Å². The number of halogens is 1. The molecule has 6 heteroatoms. The normalized spacial score (nSPS) is 18.8. The Morgan fingerprint density at radius 3 is 2.62 bits per heavy atom. The first-order valence-electron chi connectivity index (χ1n) is 11.3. The number of likely N-dealkylation sites (tertiary alicyclic amines) is 1. The van der Waals surface area contributed by atoms with Crippen LogP contribution < -0.4 is 4.74 Å². The van der Waals surface area contributed by atoms with E-state index in [1.807, 2.05) is 23.1 Å². The Morgan fingerprint density at radius 1 is 1.16 bits per heavy atom. The van der Waals surface area contributed by atoms with Crippen molar-refractivity contribution in [1.82, 2.24) is 9.80 Å². The highest BCUT2D eigenvalue weighted by molar-refractivity contribution is 5.77. The van der Waals surface area contributed by atoms with Crippen molar-refractivity contribution in [2.45, 2.75) is 26.3 Å². The molecule has 1 aliphatic heterocycles. The molecule has 2 unspecified atom stereocenters. The Bertz CT molecular complexity index is 889. The van der Waals surface area contributed by atoms with Crippen molar-refractivity contribution in [3.63, 3.8) is 0 Å². The average Bonchev–Trinajstić information content (AvgIpc) is 3.15. The van der Waals surface area contributed by atoms with Gasteiger partial charge in [-0.2, -0.15) is 0 Å². The summed E-state index contributed by atoms with van der Waals surface area (Å²) in [7, 11) is 3.22. The Hall–Kier alpha value is -2.44. The van der Waals surface area contributed by atoms with Crippen molar-refractivity contribution in [3.05, 3.63) is 65.5 Å². The zero-order valence-electron chi connectivity index (χ0n) is 19.6. The first kappa shape index (κ1) is 24.2. The standard InChI is InChI=1S/C26H35FN2O3/c1-19(2)13-29(26(30)18-31-3)16-22-15-28(14-20-7-5-10-24(11-20)32-4)17-25(22)21-8-6-9-23(27)12-21/h5-12,19,22,25H,13-18H2,1-4H3. The minimum Gasteiger partial charge on any atom is -0.497 e. The molecule has 3 rings (SSSR count). The summed E-state index contributed by atoms with van der Waals surface area (Å²) in [5.41, 5.74) is 2.17. The molecule has 1 fully saturated rings. The average molecular weight is 443 g/mol. The molecule has 32 heavy (non-hydrogen) atoms. The smallest absolute Gasteiger partial charge is 0.248 e. The molecule has 0 radical (unpaired) electrons. The molecule has 174 valence electrons. The molecular weight excluding hydrogens is 407 g/mol. The second-order valence-electron chi connectivity index (χ2n) is 9.09. The quantitative estimate of drug-likeness (QED) is 0.554. The molecule has 0 bridgehead atoms. The molecule has 1 aliphatic rings. The van der Waals surface area contributed by atoms with Crippen LogP contribution in [0.2, 0.25) is 0 Å². The third-order valence-electron chi connectivity index (χ3n) is 5.99. The Balaban J connectivity index is 1.81. The number of benzene rings is 2. The maximum absolute atomic E-state index is 14.0. The zero-order valence-corrected chi connectivity index (χ0v) is 19.6. The van der Waals surface area contributed by atoms with E-state index in [-0.39, 0.29) is 30.2 Å². The molecule has 2 atom stereocenters. The number of carbonyl (C=O) groups is 1. The molecule has 1 saturated heterocycles. The Labute approximate surface area is 191 Å². The van der Waals surface area contributed by atoms with Crippen LogP contribution >= 0.6 is 0 Å². The Kier molecular flexibility index (Phi) is 8.65. The van der Waals surface area contributed by atoms with Gasteiger partial charge in [-0.15, -0.1) is 0 Å². The van der Waals surface area contributed by atoms with E-state index in [4.69, 9.17) is 9.47 Å². The van der Waals surface area contributed by atoms with E-state index < -0.39 is 0 Å². The van der Waals surface area contributed by atoms with Crippen LogP contribution in [0.5, 0.6) is 5.75 Å². The lowest BCUT2D eigenvalue weighted by atomic mass is 9.88. The Morgan fingerprint density at radius 2 is 1.94 bits per heavy atom. The van der Waals surface area contributed by atoms with Crippen LogP contribution in [-0.4, -0.2) is 62.7 Å².